The molecule has 0 radical (unpaired) electrons. The Morgan fingerprint density at radius 3 is 2.67 bits per heavy atom. The lowest BCUT2D eigenvalue weighted by Gasteiger charge is -2.24. The molecule has 1 aromatic carbocycles. The summed E-state index contributed by atoms with van der Waals surface area (Å²) in [6.45, 7) is 8.47. The largest absolute Gasteiger partial charge is 0.444 e. The zero-order valence-electron chi connectivity index (χ0n) is 13.2. The van der Waals surface area contributed by atoms with E-state index in [0.717, 1.165) is 19.5 Å². The van der Waals surface area contributed by atoms with E-state index >= 15 is 0 Å². The maximum absolute atomic E-state index is 12.0. The lowest BCUT2D eigenvalue weighted by molar-refractivity contribution is 0.0271. The van der Waals surface area contributed by atoms with Crippen molar-refractivity contribution in [3.05, 3.63) is 35.9 Å². The molecule has 4 nitrogen and oxygen atoms in total. The van der Waals surface area contributed by atoms with Gasteiger partial charge >= 0.3 is 6.09 Å². The van der Waals surface area contributed by atoms with Crippen LogP contribution in [0.5, 0.6) is 0 Å². The summed E-state index contributed by atoms with van der Waals surface area (Å²) in [6.07, 6.45) is 0.765. The summed E-state index contributed by atoms with van der Waals surface area (Å²) in [6, 6.07) is 10.1. The summed E-state index contributed by atoms with van der Waals surface area (Å²) in [5.74, 6) is 0.404. The molecule has 1 saturated heterocycles. The van der Waals surface area contributed by atoms with Gasteiger partial charge in [-0.15, -0.1) is 0 Å². The van der Waals surface area contributed by atoms with E-state index in [9.17, 15) is 4.79 Å². The number of ether oxygens (including phenoxy) is 2. The molecule has 0 saturated carbocycles. The molecule has 0 aromatic heterocycles. The van der Waals surface area contributed by atoms with Crippen LogP contribution in [0.4, 0.5) is 4.79 Å². The van der Waals surface area contributed by atoms with Gasteiger partial charge in [0.1, 0.15) is 5.60 Å². The van der Waals surface area contributed by atoms with Crippen LogP contribution in [0.25, 0.3) is 0 Å². The van der Waals surface area contributed by atoms with Crippen molar-refractivity contribution in [1.29, 1.82) is 0 Å². The standard InChI is InChI=1S/C17H25NO3/c1-17(2,3)21-16(19)18-10-9-15(11-18)13-20-12-14-7-5-4-6-8-14/h4-8,15H,9-13H2,1-3H3. The van der Waals surface area contributed by atoms with Crippen molar-refractivity contribution in [3.8, 4) is 0 Å². The van der Waals surface area contributed by atoms with Crippen molar-refractivity contribution in [1.82, 2.24) is 4.90 Å². The van der Waals surface area contributed by atoms with Gasteiger partial charge in [-0.2, -0.15) is 0 Å². The first-order chi connectivity index (χ1) is 9.94. The smallest absolute Gasteiger partial charge is 0.410 e. The molecule has 1 amide bonds. The van der Waals surface area contributed by atoms with Gasteiger partial charge in [-0.05, 0) is 32.8 Å². The molecule has 0 bridgehead atoms. The minimum absolute atomic E-state index is 0.215. The van der Waals surface area contributed by atoms with Gasteiger partial charge in [-0.3, -0.25) is 0 Å². The van der Waals surface area contributed by atoms with Crippen molar-refractivity contribution < 1.29 is 14.3 Å². The lowest BCUT2D eigenvalue weighted by atomic mass is 10.1. The second-order valence-electron chi connectivity index (χ2n) is 6.58. The second-order valence-corrected chi connectivity index (χ2v) is 6.58. The fraction of sp³-hybridized carbons (Fsp3) is 0.588. The van der Waals surface area contributed by atoms with E-state index in [1.165, 1.54) is 5.56 Å². The average molecular weight is 291 g/mol. The SMILES string of the molecule is CC(C)(C)OC(=O)N1CCC(COCc2ccccc2)C1. The molecule has 1 aliphatic heterocycles. The quantitative estimate of drug-likeness (QED) is 0.852. The maximum atomic E-state index is 12.0. The maximum Gasteiger partial charge on any atom is 0.410 e. The van der Waals surface area contributed by atoms with Gasteiger partial charge in [0.15, 0.2) is 0 Å². The lowest BCUT2D eigenvalue weighted by Crippen LogP contribution is -2.35. The molecule has 1 heterocycles. The van der Waals surface area contributed by atoms with Gasteiger partial charge in [0.05, 0.1) is 13.2 Å². The first-order valence-electron chi connectivity index (χ1n) is 7.53. The summed E-state index contributed by atoms with van der Waals surface area (Å²) < 4.78 is 11.1. The molecular weight excluding hydrogens is 266 g/mol. The molecule has 1 atom stereocenters. The molecule has 1 unspecified atom stereocenters. The van der Waals surface area contributed by atoms with E-state index in [1.54, 1.807) is 4.90 Å². The third-order valence-electron chi connectivity index (χ3n) is 3.40. The van der Waals surface area contributed by atoms with Crippen molar-refractivity contribution in [3.63, 3.8) is 0 Å². The third-order valence-corrected chi connectivity index (χ3v) is 3.40. The fourth-order valence-corrected chi connectivity index (χ4v) is 2.38. The van der Waals surface area contributed by atoms with E-state index < -0.39 is 5.60 Å². The van der Waals surface area contributed by atoms with Gasteiger partial charge in [0.25, 0.3) is 0 Å². The van der Waals surface area contributed by atoms with Crippen LogP contribution in [0, 0.1) is 5.92 Å². The Morgan fingerprint density at radius 1 is 1.29 bits per heavy atom. The predicted molar refractivity (Wildman–Crippen MR) is 82.0 cm³/mol. The molecule has 116 valence electrons. The molecule has 0 N–H and O–H groups in total. The molecular formula is C17H25NO3. The minimum Gasteiger partial charge on any atom is -0.444 e. The molecule has 21 heavy (non-hydrogen) atoms. The topological polar surface area (TPSA) is 38.8 Å². The molecule has 1 aromatic rings. The summed E-state index contributed by atoms with van der Waals surface area (Å²) in [4.78, 5) is 13.7. The normalized spacial score (nSPS) is 18.8. The number of nitrogens with zero attached hydrogens (tertiary/aromatic N) is 1. The molecule has 2 rings (SSSR count). The Hall–Kier alpha value is -1.55. The van der Waals surface area contributed by atoms with Gasteiger partial charge in [-0.1, -0.05) is 30.3 Å². The van der Waals surface area contributed by atoms with Gasteiger partial charge in [-0.25, -0.2) is 4.79 Å². The van der Waals surface area contributed by atoms with Crippen molar-refractivity contribution in [2.75, 3.05) is 19.7 Å². The highest BCUT2D eigenvalue weighted by Gasteiger charge is 2.29. The summed E-state index contributed by atoms with van der Waals surface area (Å²) in [7, 11) is 0. The molecule has 0 spiro atoms. The molecule has 4 heteroatoms. The monoisotopic (exact) mass is 291 g/mol. The number of likely N-dealkylation sites (tertiary alicyclic amines) is 1. The van der Waals surface area contributed by atoms with Crippen LogP contribution < -0.4 is 0 Å². The molecule has 0 aliphatic carbocycles. The third kappa shape index (κ3) is 5.38. The number of rotatable bonds is 4. The van der Waals surface area contributed by atoms with Crippen LogP contribution in [0.3, 0.4) is 0 Å². The molecule has 1 aliphatic rings. The van der Waals surface area contributed by atoms with Gasteiger partial charge in [0.2, 0.25) is 0 Å². The van der Waals surface area contributed by atoms with Gasteiger partial charge in [0, 0.05) is 19.0 Å². The van der Waals surface area contributed by atoms with E-state index in [2.05, 4.69) is 12.1 Å². The van der Waals surface area contributed by atoms with E-state index in [4.69, 9.17) is 9.47 Å². The number of hydrogen-bond donors (Lipinski definition) is 0. The Morgan fingerprint density at radius 2 is 2.00 bits per heavy atom. The molecule has 1 fully saturated rings. The number of carbonyl (C=O) groups excluding carboxylic acids is 1. The van der Waals surface area contributed by atoms with Crippen molar-refractivity contribution in [2.45, 2.75) is 39.4 Å². The van der Waals surface area contributed by atoms with Crippen LogP contribution in [0.2, 0.25) is 0 Å². The number of amides is 1. The highest BCUT2D eigenvalue weighted by Crippen LogP contribution is 2.20. The average Bonchev–Trinajstić information content (AvgIpc) is 2.87. The Balaban J connectivity index is 1.69. The van der Waals surface area contributed by atoms with Crippen LogP contribution in [0.1, 0.15) is 32.8 Å². The summed E-state index contributed by atoms with van der Waals surface area (Å²) in [5, 5.41) is 0. The number of hydrogen-bond acceptors (Lipinski definition) is 3. The predicted octanol–water partition coefficient (Wildman–Crippen LogP) is 3.46. The van der Waals surface area contributed by atoms with Crippen molar-refractivity contribution in [2.24, 2.45) is 5.92 Å². The highest BCUT2D eigenvalue weighted by molar-refractivity contribution is 5.68. The fourth-order valence-electron chi connectivity index (χ4n) is 2.38. The van der Waals surface area contributed by atoms with E-state index in [1.807, 2.05) is 39.0 Å². The Kier molecular flexibility index (Phi) is 5.23. The summed E-state index contributed by atoms with van der Waals surface area (Å²) >= 11 is 0. The van der Waals surface area contributed by atoms with Crippen LogP contribution >= 0.6 is 0 Å². The zero-order valence-corrected chi connectivity index (χ0v) is 13.2. The number of carbonyl (C=O) groups is 1. The Labute approximate surface area is 127 Å². The highest BCUT2D eigenvalue weighted by atomic mass is 16.6. The van der Waals surface area contributed by atoms with Crippen molar-refractivity contribution >= 4 is 6.09 Å². The minimum atomic E-state index is -0.432. The number of benzene rings is 1. The van der Waals surface area contributed by atoms with Crippen LogP contribution in [-0.2, 0) is 16.1 Å². The zero-order chi connectivity index (χ0) is 15.3. The van der Waals surface area contributed by atoms with E-state index in [-0.39, 0.29) is 6.09 Å². The van der Waals surface area contributed by atoms with E-state index in [0.29, 0.717) is 19.1 Å². The Bertz CT molecular complexity index is 453. The first kappa shape index (κ1) is 15.8. The second kappa shape index (κ2) is 6.94. The van der Waals surface area contributed by atoms with Crippen LogP contribution in [0.15, 0.2) is 30.3 Å². The van der Waals surface area contributed by atoms with Gasteiger partial charge < -0.3 is 14.4 Å². The summed E-state index contributed by atoms with van der Waals surface area (Å²) in [5.41, 5.74) is 0.749. The first-order valence-corrected chi connectivity index (χ1v) is 7.53. The van der Waals surface area contributed by atoms with Crippen LogP contribution in [-0.4, -0.2) is 36.3 Å².